The number of nitrogens with one attached hydrogen (secondary N) is 2. The van der Waals surface area contributed by atoms with Gasteiger partial charge in [0.1, 0.15) is 6.21 Å². The van der Waals surface area contributed by atoms with E-state index in [9.17, 15) is 9.59 Å². The summed E-state index contributed by atoms with van der Waals surface area (Å²) >= 11 is 6.16. The molecule has 2 aromatic carbocycles. The Hall–Kier alpha value is -2.86. The van der Waals surface area contributed by atoms with Crippen LogP contribution in [-0.2, 0) is 19.8 Å². The van der Waals surface area contributed by atoms with Crippen LogP contribution in [0.5, 0.6) is 0 Å². The minimum Gasteiger partial charge on any atom is -0.385 e. The average molecular weight is 416 g/mol. The summed E-state index contributed by atoms with van der Waals surface area (Å²) in [6.45, 7) is 9.66. The predicted octanol–water partition coefficient (Wildman–Crippen LogP) is 4.83. The molecular weight excluding hydrogens is 390 g/mol. The molecule has 0 aromatic heterocycles. The molecule has 0 heterocycles. The standard InChI is InChI=1S/C22H26ClN3O3/c1-14-10-15(2)21(17(23)11-14)26-19(27)12-24-29-13-20(28)25-18-9-7-6-8-16(18)22(3,4)5/h6-12H,13H2,1-5H3,(H,25,28)(H,26,27)/b24-12-. The van der Waals surface area contributed by atoms with Crippen LogP contribution in [0.1, 0.15) is 37.5 Å². The SMILES string of the molecule is Cc1cc(C)c(NC(=O)/C=N\OCC(=O)Nc2ccccc2C(C)(C)C)c(Cl)c1. The number of amides is 2. The average Bonchev–Trinajstić information content (AvgIpc) is 2.61. The van der Waals surface area contributed by atoms with Crippen molar-refractivity contribution < 1.29 is 14.4 Å². The maximum Gasteiger partial charge on any atom is 0.270 e. The van der Waals surface area contributed by atoms with Gasteiger partial charge >= 0.3 is 0 Å². The number of rotatable bonds is 6. The van der Waals surface area contributed by atoms with Gasteiger partial charge in [0.05, 0.1) is 10.7 Å². The first-order valence-electron chi connectivity index (χ1n) is 9.20. The van der Waals surface area contributed by atoms with Crippen molar-refractivity contribution in [3.8, 4) is 0 Å². The molecule has 6 nitrogen and oxygen atoms in total. The molecule has 0 unspecified atom stereocenters. The molecule has 2 aromatic rings. The van der Waals surface area contributed by atoms with Crippen LogP contribution < -0.4 is 10.6 Å². The molecule has 7 heteroatoms. The molecule has 0 spiro atoms. The van der Waals surface area contributed by atoms with Gasteiger partial charge in [0.15, 0.2) is 6.61 Å². The Morgan fingerprint density at radius 1 is 1.14 bits per heavy atom. The number of nitrogens with zero attached hydrogens (tertiary/aromatic N) is 1. The number of carbonyl (C=O) groups excluding carboxylic acids is 2. The van der Waals surface area contributed by atoms with E-state index in [-0.39, 0.29) is 17.9 Å². The first kappa shape index (κ1) is 22.4. The lowest BCUT2D eigenvalue weighted by molar-refractivity contribution is -0.120. The number of hydrogen-bond acceptors (Lipinski definition) is 4. The molecule has 0 aliphatic carbocycles. The van der Waals surface area contributed by atoms with Crippen molar-refractivity contribution in [2.45, 2.75) is 40.0 Å². The summed E-state index contributed by atoms with van der Waals surface area (Å²) in [5.41, 5.74) is 3.99. The minimum absolute atomic E-state index is 0.115. The zero-order valence-electron chi connectivity index (χ0n) is 17.3. The quantitative estimate of drug-likeness (QED) is 0.523. The van der Waals surface area contributed by atoms with E-state index in [0.29, 0.717) is 10.7 Å². The van der Waals surface area contributed by atoms with Crippen LogP contribution in [0.25, 0.3) is 0 Å². The van der Waals surface area contributed by atoms with E-state index in [2.05, 4.69) is 36.6 Å². The highest BCUT2D eigenvalue weighted by molar-refractivity contribution is 6.37. The topological polar surface area (TPSA) is 79.8 Å². The number of hydrogen-bond donors (Lipinski definition) is 2. The summed E-state index contributed by atoms with van der Waals surface area (Å²) < 4.78 is 0. The molecule has 0 saturated heterocycles. The zero-order valence-corrected chi connectivity index (χ0v) is 18.1. The molecule has 0 aliphatic heterocycles. The summed E-state index contributed by atoms with van der Waals surface area (Å²) in [7, 11) is 0. The number of aryl methyl sites for hydroxylation is 2. The molecule has 2 N–H and O–H groups in total. The number of halogens is 1. The number of carbonyl (C=O) groups is 2. The molecule has 29 heavy (non-hydrogen) atoms. The van der Waals surface area contributed by atoms with E-state index < -0.39 is 5.91 Å². The van der Waals surface area contributed by atoms with Crippen LogP contribution in [0.2, 0.25) is 5.02 Å². The lowest BCUT2D eigenvalue weighted by Crippen LogP contribution is -2.21. The van der Waals surface area contributed by atoms with Gasteiger partial charge in [-0.2, -0.15) is 0 Å². The van der Waals surface area contributed by atoms with E-state index >= 15 is 0 Å². The van der Waals surface area contributed by atoms with Crippen molar-refractivity contribution in [3.05, 3.63) is 58.1 Å². The third-order valence-electron chi connectivity index (χ3n) is 4.13. The van der Waals surface area contributed by atoms with Gasteiger partial charge in [-0.05, 0) is 48.1 Å². The highest BCUT2D eigenvalue weighted by Gasteiger charge is 2.18. The molecule has 154 valence electrons. The third kappa shape index (κ3) is 6.61. The van der Waals surface area contributed by atoms with Crippen LogP contribution in [0, 0.1) is 13.8 Å². The molecule has 0 radical (unpaired) electrons. The largest absolute Gasteiger partial charge is 0.385 e. The Labute approximate surface area is 176 Å². The molecule has 2 rings (SSSR count). The number of para-hydroxylation sites is 1. The predicted molar refractivity (Wildman–Crippen MR) is 118 cm³/mol. The van der Waals surface area contributed by atoms with Crippen LogP contribution >= 0.6 is 11.6 Å². The van der Waals surface area contributed by atoms with E-state index in [4.69, 9.17) is 16.4 Å². The molecule has 2 amide bonds. The van der Waals surface area contributed by atoms with Gasteiger partial charge in [-0.15, -0.1) is 0 Å². The lowest BCUT2D eigenvalue weighted by atomic mass is 9.86. The Morgan fingerprint density at radius 3 is 2.48 bits per heavy atom. The first-order valence-corrected chi connectivity index (χ1v) is 9.58. The summed E-state index contributed by atoms with van der Waals surface area (Å²) in [6, 6.07) is 11.3. The van der Waals surface area contributed by atoms with Crippen molar-refractivity contribution in [1.82, 2.24) is 0 Å². The van der Waals surface area contributed by atoms with E-state index in [1.54, 1.807) is 6.07 Å². The Balaban J connectivity index is 1.88. The van der Waals surface area contributed by atoms with E-state index in [0.717, 1.165) is 28.6 Å². The van der Waals surface area contributed by atoms with Gasteiger partial charge in [-0.3, -0.25) is 9.59 Å². The monoisotopic (exact) mass is 415 g/mol. The van der Waals surface area contributed by atoms with Crippen molar-refractivity contribution in [1.29, 1.82) is 0 Å². The van der Waals surface area contributed by atoms with Gasteiger partial charge in [-0.1, -0.05) is 61.8 Å². The Bertz CT molecular complexity index is 910. The van der Waals surface area contributed by atoms with Crippen molar-refractivity contribution in [3.63, 3.8) is 0 Å². The second-order valence-corrected chi connectivity index (χ2v) is 8.19. The summed E-state index contributed by atoms with van der Waals surface area (Å²) in [4.78, 5) is 29.1. The fourth-order valence-corrected chi connectivity index (χ4v) is 3.21. The second kappa shape index (κ2) is 9.56. The fourth-order valence-electron chi connectivity index (χ4n) is 2.84. The molecular formula is C22H26ClN3O3. The highest BCUT2D eigenvalue weighted by atomic mass is 35.5. The van der Waals surface area contributed by atoms with Gasteiger partial charge in [0.2, 0.25) is 0 Å². The molecule has 0 aliphatic rings. The highest BCUT2D eigenvalue weighted by Crippen LogP contribution is 2.29. The molecule has 0 fully saturated rings. The van der Waals surface area contributed by atoms with Crippen molar-refractivity contribution in [2.24, 2.45) is 5.16 Å². The van der Waals surface area contributed by atoms with Crippen molar-refractivity contribution >= 4 is 41.0 Å². The van der Waals surface area contributed by atoms with E-state index in [1.165, 1.54) is 0 Å². The van der Waals surface area contributed by atoms with Crippen molar-refractivity contribution in [2.75, 3.05) is 17.2 Å². The second-order valence-electron chi connectivity index (χ2n) is 7.78. The van der Waals surface area contributed by atoms with Gasteiger partial charge in [0, 0.05) is 5.69 Å². The third-order valence-corrected chi connectivity index (χ3v) is 4.43. The zero-order chi connectivity index (χ0) is 21.6. The summed E-state index contributed by atoms with van der Waals surface area (Å²) in [6.07, 6.45) is 0.964. The number of oxime groups is 1. The van der Waals surface area contributed by atoms with Gasteiger partial charge < -0.3 is 15.5 Å². The van der Waals surface area contributed by atoms with Crippen LogP contribution in [-0.4, -0.2) is 24.6 Å². The summed E-state index contributed by atoms with van der Waals surface area (Å²) in [5.74, 6) is -0.867. The summed E-state index contributed by atoms with van der Waals surface area (Å²) in [5, 5.41) is 9.47. The molecule has 0 saturated carbocycles. The lowest BCUT2D eigenvalue weighted by Gasteiger charge is -2.22. The number of anilines is 2. The molecule has 0 atom stereocenters. The smallest absolute Gasteiger partial charge is 0.270 e. The van der Waals surface area contributed by atoms with E-state index in [1.807, 2.05) is 44.2 Å². The Morgan fingerprint density at radius 2 is 1.83 bits per heavy atom. The Kier molecular flexibility index (Phi) is 7.40. The normalized spacial score (nSPS) is 11.4. The minimum atomic E-state index is -0.502. The van der Waals surface area contributed by atoms with Crippen LogP contribution in [0.4, 0.5) is 11.4 Å². The first-order chi connectivity index (χ1) is 13.6. The van der Waals surface area contributed by atoms with Gasteiger partial charge in [0.25, 0.3) is 11.8 Å². The van der Waals surface area contributed by atoms with Crippen LogP contribution in [0.3, 0.4) is 0 Å². The van der Waals surface area contributed by atoms with Gasteiger partial charge in [-0.25, -0.2) is 0 Å². The fraction of sp³-hybridized carbons (Fsp3) is 0.318. The number of benzene rings is 2. The molecule has 0 bridgehead atoms. The maximum absolute atomic E-state index is 12.1. The maximum atomic E-state index is 12.1. The van der Waals surface area contributed by atoms with Crippen LogP contribution in [0.15, 0.2) is 41.6 Å².